The minimum Gasteiger partial charge on any atom is -0.280 e. The molecular formula is C9H9N3O2. The van der Waals surface area contributed by atoms with Gasteiger partial charge >= 0.3 is 0 Å². The van der Waals surface area contributed by atoms with Crippen molar-refractivity contribution in [1.82, 2.24) is 10.2 Å². The summed E-state index contributed by atoms with van der Waals surface area (Å²) in [5.41, 5.74) is 1.92. The lowest BCUT2D eigenvalue weighted by Gasteiger charge is -2.13. The Morgan fingerprint density at radius 2 is 1.79 bits per heavy atom. The molecule has 1 aliphatic heterocycles. The lowest BCUT2D eigenvalue weighted by Crippen LogP contribution is -2.30. The molecule has 1 aromatic heterocycles. The molecule has 0 atom stereocenters. The minimum atomic E-state index is -0.317. The molecule has 72 valence electrons. The van der Waals surface area contributed by atoms with E-state index >= 15 is 0 Å². The van der Waals surface area contributed by atoms with E-state index in [2.05, 4.69) is 10.2 Å². The van der Waals surface area contributed by atoms with Gasteiger partial charge in [0.1, 0.15) is 0 Å². The van der Waals surface area contributed by atoms with E-state index in [-0.39, 0.29) is 11.8 Å². The van der Waals surface area contributed by atoms with Crippen LogP contribution >= 0.6 is 0 Å². The van der Waals surface area contributed by atoms with E-state index in [0.717, 1.165) is 4.90 Å². The molecule has 0 aliphatic carbocycles. The summed E-state index contributed by atoms with van der Waals surface area (Å²) in [5.74, 6) is -0.634. The molecule has 0 saturated carbocycles. The number of H-pyrrole nitrogens is 1. The maximum Gasteiger partial charge on any atom is 0.258 e. The van der Waals surface area contributed by atoms with Crippen LogP contribution in [-0.2, 0) is 9.59 Å². The molecule has 0 aromatic carbocycles. The van der Waals surface area contributed by atoms with Crippen LogP contribution in [0.25, 0.3) is 0 Å². The monoisotopic (exact) mass is 191 g/mol. The number of rotatable bonds is 1. The Morgan fingerprint density at radius 1 is 1.21 bits per heavy atom. The summed E-state index contributed by atoms with van der Waals surface area (Å²) in [6.07, 6.45) is 2.52. The van der Waals surface area contributed by atoms with E-state index in [1.807, 2.05) is 0 Å². The average molecular weight is 191 g/mol. The van der Waals surface area contributed by atoms with Crippen LogP contribution in [0.2, 0.25) is 0 Å². The van der Waals surface area contributed by atoms with Crippen molar-refractivity contribution in [2.45, 2.75) is 13.8 Å². The number of carbonyl (C=O) groups excluding carboxylic acids is 2. The van der Waals surface area contributed by atoms with E-state index in [0.29, 0.717) is 17.1 Å². The average Bonchev–Trinajstić information content (AvgIpc) is 2.60. The fourth-order valence-electron chi connectivity index (χ4n) is 1.50. The zero-order chi connectivity index (χ0) is 10.3. The normalized spacial score (nSPS) is 15.7. The van der Waals surface area contributed by atoms with Crippen molar-refractivity contribution in [1.29, 1.82) is 0 Å². The molecule has 0 spiro atoms. The van der Waals surface area contributed by atoms with Crippen LogP contribution in [0.3, 0.4) is 0 Å². The quantitative estimate of drug-likeness (QED) is 0.655. The highest BCUT2D eigenvalue weighted by atomic mass is 16.2. The van der Waals surface area contributed by atoms with Crippen LogP contribution in [0.4, 0.5) is 5.69 Å². The van der Waals surface area contributed by atoms with Crippen LogP contribution < -0.4 is 4.90 Å². The SMILES string of the molecule is Cc1n[nH]c(C)c1N1C(=O)C=CC1=O. The van der Waals surface area contributed by atoms with Gasteiger partial charge in [-0.2, -0.15) is 5.10 Å². The van der Waals surface area contributed by atoms with Crippen LogP contribution in [-0.4, -0.2) is 22.0 Å². The van der Waals surface area contributed by atoms with Crippen LogP contribution in [0.5, 0.6) is 0 Å². The highest BCUT2D eigenvalue weighted by Crippen LogP contribution is 2.24. The molecule has 0 fully saturated rings. The Morgan fingerprint density at radius 3 is 2.21 bits per heavy atom. The van der Waals surface area contributed by atoms with Crippen LogP contribution in [0, 0.1) is 13.8 Å². The molecule has 0 bridgehead atoms. The lowest BCUT2D eigenvalue weighted by atomic mass is 10.3. The Balaban J connectivity index is 2.50. The fraction of sp³-hybridized carbons (Fsp3) is 0.222. The van der Waals surface area contributed by atoms with Gasteiger partial charge in [-0.1, -0.05) is 0 Å². The first-order valence-corrected chi connectivity index (χ1v) is 4.19. The summed E-state index contributed by atoms with van der Waals surface area (Å²) in [5, 5.41) is 6.66. The molecule has 1 N–H and O–H groups in total. The van der Waals surface area contributed by atoms with Gasteiger partial charge in [0.05, 0.1) is 17.1 Å². The third-order valence-corrected chi connectivity index (χ3v) is 2.12. The van der Waals surface area contributed by atoms with Crippen LogP contribution in [0.15, 0.2) is 12.2 Å². The Labute approximate surface area is 80.4 Å². The Kier molecular flexibility index (Phi) is 1.73. The number of amides is 2. The first kappa shape index (κ1) is 8.68. The molecule has 2 heterocycles. The molecule has 1 aromatic rings. The molecule has 14 heavy (non-hydrogen) atoms. The van der Waals surface area contributed by atoms with Gasteiger partial charge in [0, 0.05) is 12.2 Å². The topological polar surface area (TPSA) is 66.1 Å². The van der Waals surface area contributed by atoms with Crippen molar-refractivity contribution in [2.24, 2.45) is 0 Å². The van der Waals surface area contributed by atoms with E-state index in [1.54, 1.807) is 13.8 Å². The van der Waals surface area contributed by atoms with E-state index < -0.39 is 0 Å². The van der Waals surface area contributed by atoms with E-state index in [1.165, 1.54) is 12.2 Å². The van der Waals surface area contributed by atoms with Crippen molar-refractivity contribution in [3.8, 4) is 0 Å². The predicted octanol–water partition coefficient (Wildman–Crippen LogP) is 0.456. The Hall–Kier alpha value is -1.91. The zero-order valence-electron chi connectivity index (χ0n) is 7.87. The molecule has 5 heteroatoms. The number of aryl methyl sites for hydroxylation is 2. The van der Waals surface area contributed by atoms with E-state index in [4.69, 9.17) is 0 Å². The minimum absolute atomic E-state index is 0.317. The highest BCUT2D eigenvalue weighted by Gasteiger charge is 2.28. The first-order valence-electron chi connectivity index (χ1n) is 4.19. The number of nitrogens with one attached hydrogen (secondary N) is 1. The van der Waals surface area contributed by atoms with Gasteiger partial charge in [0.2, 0.25) is 0 Å². The van der Waals surface area contributed by atoms with Crippen molar-refractivity contribution >= 4 is 17.5 Å². The van der Waals surface area contributed by atoms with Crippen molar-refractivity contribution in [3.05, 3.63) is 23.5 Å². The summed E-state index contributed by atoms with van der Waals surface area (Å²) in [4.78, 5) is 23.8. The van der Waals surface area contributed by atoms with Crippen molar-refractivity contribution in [2.75, 3.05) is 4.90 Å². The number of hydrogen-bond donors (Lipinski definition) is 1. The van der Waals surface area contributed by atoms with Crippen molar-refractivity contribution < 1.29 is 9.59 Å². The second-order valence-corrected chi connectivity index (χ2v) is 3.13. The van der Waals surface area contributed by atoms with Gasteiger partial charge in [-0.3, -0.25) is 14.7 Å². The van der Waals surface area contributed by atoms with E-state index in [9.17, 15) is 9.59 Å². The second-order valence-electron chi connectivity index (χ2n) is 3.13. The number of imide groups is 1. The van der Waals surface area contributed by atoms with Gasteiger partial charge in [-0.15, -0.1) is 0 Å². The standard InChI is InChI=1S/C9H9N3O2/c1-5-9(6(2)11-10-5)12-7(13)3-4-8(12)14/h3-4H,1-2H3,(H,10,11). The summed E-state index contributed by atoms with van der Waals surface area (Å²) in [6, 6.07) is 0. The van der Waals surface area contributed by atoms with Gasteiger partial charge < -0.3 is 0 Å². The first-order chi connectivity index (χ1) is 6.61. The lowest BCUT2D eigenvalue weighted by molar-refractivity contribution is -0.120. The third kappa shape index (κ3) is 1.06. The highest BCUT2D eigenvalue weighted by molar-refractivity contribution is 6.28. The molecule has 1 aliphatic rings. The predicted molar refractivity (Wildman–Crippen MR) is 49.7 cm³/mol. The number of aromatic nitrogens is 2. The Bertz CT molecular complexity index is 407. The number of hydrogen-bond acceptors (Lipinski definition) is 3. The molecule has 0 unspecified atom stereocenters. The van der Waals surface area contributed by atoms with Gasteiger partial charge in [0.15, 0.2) is 0 Å². The summed E-state index contributed by atoms with van der Waals surface area (Å²) >= 11 is 0. The van der Waals surface area contributed by atoms with Gasteiger partial charge in [-0.05, 0) is 13.8 Å². The number of aromatic amines is 1. The second kappa shape index (κ2) is 2.80. The number of anilines is 1. The maximum atomic E-state index is 11.4. The zero-order valence-corrected chi connectivity index (χ0v) is 7.87. The summed E-state index contributed by atoms with van der Waals surface area (Å²) < 4.78 is 0. The largest absolute Gasteiger partial charge is 0.280 e. The molecular weight excluding hydrogens is 182 g/mol. The molecule has 2 amide bonds. The molecule has 2 rings (SSSR count). The smallest absolute Gasteiger partial charge is 0.258 e. The van der Waals surface area contributed by atoms with Gasteiger partial charge in [0.25, 0.3) is 11.8 Å². The fourth-order valence-corrected chi connectivity index (χ4v) is 1.50. The van der Waals surface area contributed by atoms with Gasteiger partial charge in [-0.25, -0.2) is 4.90 Å². The third-order valence-electron chi connectivity index (χ3n) is 2.12. The van der Waals surface area contributed by atoms with Crippen molar-refractivity contribution in [3.63, 3.8) is 0 Å². The number of nitrogens with zero attached hydrogens (tertiary/aromatic N) is 2. The summed E-state index contributed by atoms with van der Waals surface area (Å²) in [7, 11) is 0. The molecule has 5 nitrogen and oxygen atoms in total. The maximum absolute atomic E-state index is 11.4. The summed E-state index contributed by atoms with van der Waals surface area (Å²) in [6.45, 7) is 3.52. The number of carbonyl (C=O) groups is 2. The molecule has 0 saturated heterocycles. The molecule has 0 radical (unpaired) electrons. The van der Waals surface area contributed by atoms with Crippen LogP contribution in [0.1, 0.15) is 11.4 Å².